The van der Waals surface area contributed by atoms with Crippen molar-refractivity contribution < 1.29 is 20.1 Å². The molecule has 0 saturated heterocycles. The summed E-state index contributed by atoms with van der Waals surface area (Å²) < 4.78 is 0. The molecule has 0 saturated carbocycles. The maximum atomic E-state index is 10.7. The fourth-order valence-electron chi connectivity index (χ4n) is 3.24. The highest BCUT2D eigenvalue weighted by Crippen LogP contribution is 2.36. The number of halogens is 1. The minimum Gasteiger partial charge on any atom is -0.508 e. The third-order valence-corrected chi connectivity index (χ3v) is 4.82. The number of aromatic hydroxyl groups is 2. The molecule has 30 heavy (non-hydrogen) atoms. The Morgan fingerprint density at radius 2 is 1.23 bits per heavy atom. The van der Waals surface area contributed by atoms with Gasteiger partial charge in [0.15, 0.2) is 0 Å². The maximum absolute atomic E-state index is 10.7. The molecule has 3 N–H and O–H groups in total. The van der Waals surface area contributed by atoms with E-state index in [1.807, 2.05) is 48.5 Å². The molecule has 0 spiro atoms. The Kier molecular flexibility index (Phi) is 6.94. The van der Waals surface area contributed by atoms with Crippen LogP contribution in [0.4, 0.5) is 0 Å². The van der Waals surface area contributed by atoms with Gasteiger partial charge >= 0.3 is 5.97 Å². The zero-order valence-electron chi connectivity index (χ0n) is 16.1. The van der Waals surface area contributed by atoms with Crippen molar-refractivity contribution in [2.45, 2.75) is 6.42 Å². The molecule has 0 aliphatic carbocycles. The molecule has 3 rings (SSSR count). The lowest BCUT2D eigenvalue weighted by Crippen LogP contribution is -1.97. The number of allylic oxidation sites excluding steroid dienone is 1. The number of carboxylic acids is 1. The van der Waals surface area contributed by atoms with E-state index in [0.717, 1.165) is 39.5 Å². The van der Waals surface area contributed by atoms with Crippen molar-refractivity contribution in [3.05, 3.63) is 101 Å². The highest BCUT2D eigenvalue weighted by atomic mass is 35.5. The first-order valence-electron chi connectivity index (χ1n) is 9.37. The first-order chi connectivity index (χ1) is 14.5. The van der Waals surface area contributed by atoms with Gasteiger partial charge in [-0.15, -0.1) is 11.6 Å². The molecule has 3 aromatic carbocycles. The van der Waals surface area contributed by atoms with Gasteiger partial charge in [-0.25, -0.2) is 4.79 Å². The smallest absolute Gasteiger partial charge is 0.328 e. The van der Waals surface area contributed by atoms with Gasteiger partial charge in [-0.1, -0.05) is 48.5 Å². The zero-order chi connectivity index (χ0) is 21.5. The maximum Gasteiger partial charge on any atom is 0.328 e. The lowest BCUT2D eigenvalue weighted by Gasteiger charge is -2.17. The Balaban J connectivity index is 2.17. The summed E-state index contributed by atoms with van der Waals surface area (Å²) in [6.07, 6.45) is 3.24. The fraction of sp³-hybridized carbons (Fsp3) is 0.0800. The number of rotatable bonds is 7. The van der Waals surface area contributed by atoms with Gasteiger partial charge in [0.2, 0.25) is 0 Å². The largest absolute Gasteiger partial charge is 0.508 e. The molecular formula is C25H21ClO4. The Labute approximate surface area is 180 Å². The van der Waals surface area contributed by atoms with Gasteiger partial charge in [0, 0.05) is 12.0 Å². The number of carboxylic acid groups (broad SMARTS) is 1. The predicted molar refractivity (Wildman–Crippen MR) is 121 cm³/mol. The number of phenolic OH excluding ortho intramolecular Hbond substituents is 2. The summed E-state index contributed by atoms with van der Waals surface area (Å²) >= 11 is 6.14. The average Bonchev–Trinajstić information content (AvgIpc) is 2.75. The summed E-state index contributed by atoms with van der Waals surface area (Å²) in [6.45, 7) is 0. The quantitative estimate of drug-likeness (QED) is 0.257. The van der Waals surface area contributed by atoms with Gasteiger partial charge in [-0.05, 0) is 70.2 Å². The first-order valence-corrected chi connectivity index (χ1v) is 9.91. The molecular weight excluding hydrogens is 400 g/mol. The third-order valence-electron chi connectivity index (χ3n) is 4.64. The molecule has 152 valence electrons. The van der Waals surface area contributed by atoms with E-state index < -0.39 is 5.97 Å². The number of aliphatic carboxylic acids is 1. The molecule has 0 radical (unpaired) electrons. The Hall–Kier alpha value is -3.50. The molecule has 0 unspecified atom stereocenters. The van der Waals surface area contributed by atoms with Crippen LogP contribution in [0.3, 0.4) is 0 Å². The summed E-state index contributed by atoms with van der Waals surface area (Å²) in [6, 6.07) is 21.5. The van der Waals surface area contributed by atoms with Gasteiger partial charge in [-0.3, -0.25) is 0 Å². The number of hydrogen-bond donors (Lipinski definition) is 3. The van der Waals surface area contributed by atoms with Crippen LogP contribution in [0.15, 0.2) is 78.9 Å². The monoisotopic (exact) mass is 420 g/mol. The van der Waals surface area contributed by atoms with Crippen molar-refractivity contribution in [2.24, 2.45) is 0 Å². The molecule has 0 aliphatic rings. The average molecular weight is 421 g/mol. The van der Waals surface area contributed by atoms with Crippen molar-refractivity contribution in [3.8, 4) is 11.5 Å². The van der Waals surface area contributed by atoms with Gasteiger partial charge in [-0.2, -0.15) is 0 Å². The lowest BCUT2D eigenvalue weighted by molar-refractivity contribution is -0.131. The number of hydrogen-bond acceptors (Lipinski definition) is 3. The minimum atomic E-state index is -0.997. The van der Waals surface area contributed by atoms with Crippen LogP contribution in [0, 0.1) is 0 Å². The van der Waals surface area contributed by atoms with Crippen molar-refractivity contribution in [3.63, 3.8) is 0 Å². The summed E-state index contributed by atoms with van der Waals surface area (Å²) in [4.78, 5) is 10.7. The van der Waals surface area contributed by atoms with E-state index in [2.05, 4.69) is 0 Å². The van der Waals surface area contributed by atoms with Crippen LogP contribution >= 0.6 is 11.6 Å². The Bertz CT molecular complexity index is 1020. The van der Waals surface area contributed by atoms with E-state index in [1.165, 1.54) is 6.08 Å². The van der Waals surface area contributed by atoms with E-state index in [-0.39, 0.29) is 11.5 Å². The second kappa shape index (κ2) is 9.81. The molecule has 0 atom stereocenters. The van der Waals surface area contributed by atoms with Gasteiger partial charge < -0.3 is 15.3 Å². The van der Waals surface area contributed by atoms with Crippen LogP contribution in [-0.4, -0.2) is 27.2 Å². The van der Waals surface area contributed by atoms with Crippen LogP contribution in [0.5, 0.6) is 11.5 Å². The van der Waals surface area contributed by atoms with Gasteiger partial charge in [0.25, 0.3) is 0 Å². The number of benzene rings is 3. The van der Waals surface area contributed by atoms with Gasteiger partial charge in [0.1, 0.15) is 11.5 Å². The van der Waals surface area contributed by atoms with Crippen molar-refractivity contribution >= 4 is 34.8 Å². The minimum absolute atomic E-state index is 0.178. The molecule has 3 aromatic rings. The van der Waals surface area contributed by atoms with E-state index in [4.69, 9.17) is 16.7 Å². The molecule has 4 nitrogen and oxygen atoms in total. The third kappa shape index (κ3) is 5.31. The number of carbonyl (C=O) groups is 1. The molecule has 5 heteroatoms. The fourth-order valence-corrected chi connectivity index (χ4v) is 3.43. The normalized spacial score (nSPS) is 10.8. The lowest BCUT2D eigenvalue weighted by atomic mass is 9.88. The highest BCUT2D eigenvalue weighted by Gasteiger charge is 2.14. The molecule has 0 bridgehead atoms. The van der Waals surface area contributed by atoms with Crippen LogP contribution in [0.25, 0.3) is 17.2 Å². The molecule has 0 fully saturated rings. The molecule has 0 heterocycles. The van der Waals surface area contributed by atoms with Crippen molar-refractivity contribution in [1.82, 2.24) is 0 Å². The Morgan fingerprint density at radius 1 is 0.767 bits per heavy atom. The van der Waals surface area contributed by atoms with E-state index in [0.29, 0.717) is 12.3 Å². The SMILES string of the molecule is O=C(O)C=Cc1ccc(C(CCCl)=C(c2ccc(O)cc2)c2ccc(O)cc2)cc1. The summed E-state index contributed by atoms with van der Waals surface area (Å²) in [5, 5.41) is 28.2. The second-order valence-corrected chi connectivity index (χ2v) is 7.06. The first kappa shape index (κ1) is 21.2. The molecule has 0 aromatic heterocycles. The predicted octanol–water partition coefficient (Wildman–Crippen LogP) is 5.78. The van der Waals surface area contributed by atoms with Gasteiger partial charge in [0.05, 0.1) is 0 Å². The van der Waals surface area contributed by atoms with E-state index in [1.54, 1.807) is 24.3 Å². The van der Waals surface area contributed by atoms with E-state index >= 15 is 0 Å². The summed E-state index contributed by atoms with van der Waals surface area (Å²) in [7, 11) is 0. The highest BCUT2D eigenvalue weighted by molar-refractivity contribution is 6.18. The number of alkyl halides is 1. The second-order valence-electron chi connectivity index (χ2n) is 6.68. The summed E-state index contributed by atoms with van der Waals surface area (Å²) in [5.41, 5.74) is 5.52. The zero-order valence-corrected chi connectivity index (χ0v) is 16.9. The molecule has 0 aliphatic heterocycles. The molecule has 0 amide bonds. The summed E-state index contributed by atoms with van der Waals surface area (Å²) in [5.74, 6) is -0.228. The van der Waals surface area contributed by atoms with Crippen LogP contribution in [-0.2, 0) is 4.79 Å². The topological polar surface area (TPSA) is 77.8 Å². The Morgan fingerprint density at radius 3 is 1.67 bits per heavy atom. The van der Waals surface area contributed by atoms with Crippen LogP contribution in [0.1, 0.15) is 28.7 Å². The standard InChI is InChI=1S/C25H21ClO4/c26-16-15-23(18-4-1-17(2-5-18)3-14-24(29)30)25(19-6-10-21(27)11-7-19)20-8-12-22(28)13-9-20/h1-14,27-28H,15-16H2,(H,29,30). The van der Waals surface area contributed by atoms with Crippen molar-refractivity contribution in [1.29, 1.82) is 0 Å². The number of phenols is 2. The van der Waals surface area contributed by atoms with Crippen molar-refractivity contribution in [2.75, 3.05) is 5.88 Å². The van der Waals surface area contributed by atoms with Crippen LogP contribution < -0.4 is 0 Å². The van der Waals surface area contributed by atoms with Crippen LogP contribution in [0.2, 0.25) is 0 Å². The van der Waals surface area contributed by atoms with E-state index in [9.17, 15) is 15.0 Å².